The summed E-state index contributed by atoms with van der Waals surface area (Å²) in [7, 11) is -1.46. The molecule has 0 aliphatic carbocycles. The second-order valence-corrected chi connectivity index (χ2v) is 2.59. The molecule has 1 rings (SSSR count). The average molecular weight is 151 g/mol. The third-order valence-corrected chi connectivity index (χ3v) is 1.50. The van der Waals surface area contributed by atoms with E-state index in [1.165, 1.54) is 0 Å². The quantitative estimate of drug-likeness (QED) is 0.525. The first kappa shape index (κ1) is 8.23. The molecule has 4 heteroatoms. The summed E-state index contributed by atoms with van der Waals surface area (Å²) in [6, 6.07) is 1.86. The summed E-state index contributed by atoms with van der Waals surface area (Å²) in [4.78, 5) is 3.88. The van der Waals surface area contributed by atoms with E-state index >= 15 is 0 Å². The number of nitrogens with zero attached hydrogens (tertiary/aromatic N) is 1. The Bertz CT molecular complexity index is 263. The molecule has 2 N–H and O–H groups in total. The van der Waals surface area contributed by atoms with Crippen LogP contribution in [0.3, 0.4) is 0 Å². The lowest BCUT2D eigenvalue weighted by Gasteiger charge is -2.02. The summed E-state index contributed by atoms with van der Waals surface area (Å²) in [5.74, 6) is 0. The van der Waals surface area contributed by atoms with Gasteiger partial charge in [0.25, 0.3) is 0 Å². The zero-order valence-electron chi connectivity index (χ0n) is 6.57. The van der Waals surface area contributed by atoms with Gasteiger partial charge in [-0.3, -0.25) is 4.98 Å². The monoisotopic (exact) mass is 151 g/mol. The molecule has 0 spiro atoms. The maximum absolute atomic E-state index is 8.79. The van der Waals surface area contributed by atoms with E-state index in [0.717, 1.165) is 11.1 Å². The molecule has 0 atom stereocenters. The highest BCUT2D eigenvalue weighted by molar-refractivity contribution is 6.58. The van der Waals surface area contributed by atoms with Gasteiger partial charge in [-0.1, -0.05) is 6.07 Å². The molecule has 1 heterocycles. The lowest BCUT2D eigenvalue weighted by Crippen LogP contribution is -2.34. The lowest BCUT2D eigenvalue weighted by molar-refractivity contribution is 0.424. The topological polar surface area (TPSA) is 53.4 Å². The van der Waals surface area contributed by atoms with Crippen molar-refractivity contribution in [1.29, 1.82) is 0 Å². The molecular weight excluding hydrogens is 141 g/mol. The second kappa shape index (κ2) is 3.03. The molecule has 0 bridgehead atoms. The van der Waals surface area contributed by atoms with Crippen LogP contribution in [0.2, 0.25) is 0 Å². The predicted molar refractivity (Wildman–Crippen MR) is 43.5 cm³/mol. The Balaban J connectivity index is 3.09. The van der Waals surface area contributed by atoms with Gasteiger partial charge in [-0.15, -0.1) is 0 Å². The Morgan fingerprint density at radius 1 is 1.36 bits per heavy atom. The number of rotatable bonds is 1. The molecule has 1 aromatic rings. The van der Waals surface area contributed by atoms with Crippen molar-refractivity contribution >= 4 is 12.7 Å². The Morgan fingerprint density at radius 2 is 2.00 bits per heavy atom. The van der Waals surface area contributed by atoms with E-state index in [-0.39, 0.29) is 0 Å². The predicted octanol–water partition coefficient (Wildman–Crippen LogP) is -0.622. The van der Waals surface area contributed by atoms with Gasteiger partial charge in [0, 0.05) is 6.20 Å². The third-order valence-electron chi connectivity index (χ3n) is 1.50. The van der Waals surface area contributed by atoms with Crippen molar-refractivity contribution in [2.45, 2.75) is 13.8 Å². The molecule has 0 radical (unpaired) electrons. The summed E-state index contributed by atoms with van der Waals surface area (Å²) < 4.78 is 0. The highest BCUT2D eigenvalue weighted by Gasteiger charge is 2.14. The summed E-state index contributed by atoms with van der Waals surface area (Å²) in [6.07, 6.45) is 1.61. The summed E-state index contributed by atoms with van der Waals surface area (Å²) >= 11 is 0. The van der Waals surface area contributed by atoms with Gasteiger partial charge < -0.3 is 10.0 Å². The SMILES string of the molecule is Cc1cnc(B(O)O)c(C)c1. The van der Waals surface area contributed by atoms with Crippen LogP contribution in [-0.2, 0) is 0 Å². The molecular formula is C7H10BNO2. The fourth-order valence-corrected chi connectivity index (χ4v) is 0.996. The van der Waals surface area contributed by atoms with E-state index in [4.69, 9.17) is 10.0 Å². The van der Waals surface area contributed by atoms with Crippen LogP contribution in [-0.4, -0.2) is 22.2 Å². The van der Waals surface area contributed by atoms with Gasteiger partial charge in [0.05, 0.1) is 5.59 Å². The third kappa shape index (κ3) is 1.79. The summed E-state index contributed by atoms with van der Waals surface area (Å²) in [5.41, 5.74) is 2.16. The molecule has 3 nitrogen and oxygen atoms in total. The fourth-order valence-electron chi connectivity index (χ4n) is 0.996. The first-order valence-corrected chi connectivity index (χ1v) is 3.40. The van der Waals surface area contributed by atoms with Gasteiger partial charge in [-0.25, -0.2) is 0 Å². The van der Waals surface area contributed by atoms with Gasteiger partial charge in [-0.2, -0.15) is 0 Å². The van der Waals surface area contributed by atoms with Crippen LogP contribution in [0.5, 0.6) is 0 Å². The second-order valence-electron chi connectivity index (χ2n) is 2.59. The minimum absolute atomic E-state index is 0.329. The van der Waals surface area contributed by atoms with Gasteiger partial charge in [0.2, 0.25) is 0 Å². The van der Waals surface area contributed by atoms with E-state index in [1.807, 2.05) is 13.0 Å². The number of hydrogen-bond donors (Lipinski definition) is 2. The van der Waals surface area contributed by atoms with Crippen LogP contribution in [0, 0.1) is 13.8 Å². The average Bonchev–Trinajstić information content (AvgIpc) is 1.85. The molecule has 0 unspecified atom stereocenters. The number of aryl methyl sites for hydroxylation is 2. The highest BCUT2D eigenvalue weighted by Crippen LogP contribution is 1.96. The number of hydrogen-bond acceptors (Lipinski definition) is 3. The molecule has 0 aliphatic rings. The van der Waals surface area contributed by atoms with Gasteiger partial charge in [0.15, 0.2) is 0 Å². The van der Waals surface area contributed by atoms with Gasteiger partial charge in [0.1, 0.15) is 0 Å². The van der Waals surface area contributed by atoms with E-state index in [0.29, 0.717) is 5.59 Å². The van der Waals surface area contributed by atoms with Crippen LogP contribution in [0.1, 0.15) is 11.1 Å². The van der Waals surface area contributed by atoms with Crippen molar-refractivity contribution in [3.8, 4) is 0 Å². The summed E-state index contributed by atoms with van der Waals surface area (Å²) in [6.45, 7) is 3.71. The standard InChI is InChI=1S/C7H10BNO2/c1-5-3-6(2)7(8(10)11)9-4-5/h3-4,10-11H,1-2H3. The van der Waals surface area contributed by atoms with Crippen molar-refractivity contribution in [2.75, 3.05) is 0 Å². The number of pyridine rings is 1. The fraction of sp³-hybridized carbons (Fsp3) is 0.286. The zero-order valence-corrected chi connectivity index (χ0v) is 6.57. The molecule has 58 valence electrons. The smallest absolute Gasteiger partial charge is 0.422 e. The normalized spacial score (nSPS) is 9.82. The van der Waals surface area contributed by atoms with Crippen molar-refractivity contribution in [2.24, 2.45) is 0 Å². The van der Waals surface area contributed by atoms with Gasteiger partial charge >= 0.3 is 7.12 Å². The molecule has 0 amide bonds. The maximum Gasteiger partial charge on any atom is 0.508 e. The van der Waals surface area contributed by atoms with Crippen LogP contribution in [0.4, 0.5) is 0 Å². The molecule has 0 saturated heterocycles. The Labute approximate surface area is 65.9 Å². The van der Waals surface area contributed by atoms with Crippen molar-refractivity contribution in [3.63, 3.8) is 0 Å². The van der Waals surface area contributed by atoms with Crippen LogP contribution in [0.25, 0.3) is 0 Å². The Kier molecular flexibility index (Phi) is 2.26. The van der Waals surface area contributed by atoms with Crippen molar-refractivity contribution < 1.29 is 10.0 Å². The van der Waals surface area contributed by atoms with Crippen LogP contribution < -0.4 is 5.59 Å². The molecule has 0 fully saturated rings. The Morgan fingerprint density at radius 3 is 2.45 bits per heavy atom. The van der Waals surface area contributed by atoms with Gasteiger partial charge in [-0.05, 0) is 25.0 Å². The van der Waals surface area contributed by atoms with Crippen molar-refractivity contribution in [3.05, 3.63) is 23.4 Å². The first-order valence-electron chi connectivity index (χ1n) is 3.40. The summed E-state index contributed by atoms with van der Waals surface area (Å²) in [5, 5.41) is 17.6. The molecule has 1 aromatic heterocycles. The van der Waals surface area contributed by atoms with Crippen molar-refractivity contribution in [1.82, 2.24) is 4.98 Å². The zero-order chi connectivity index (χ0) is 8.43. The molecule has 0 saturated carbocycles. The number of aromatic nitrogens is 1. The largest absolute Gasteiger partial charge is 0.508 e. The maximum atomic E-state index is 8.79. The van der Waals surface area contributed by atoms with E-state index in [9.17, 15) is 0 Å². The molecule has 0 aromatic carbocycles. The minimum Gasteiger partial charge on any atom is -0.422 e. The van der Waals surface area contributed by atoms with Crippen LogP contribution in [0.15, 0.2) is 12.3 Å². The van der Waals surface area contributed by atoms with E-state index < -0.39 is 7.12 Å². The van der Waals surface area contributed by atoms with E-state index in [1.54, 1.807) is 13.1 Å². The van der Waals surface area contributed by atoms with E-state index in [2.05, 4.69) is 4.98 Å². The molecule has 11 heavy (non-hydrogen) atoms. The van der Waals surface area contributed by atoms with Crippen LogP contribution >= 0.6 is 0 Å². The Hall–Kier alpha value is -0.865. The lowest BCUT2D eigenvalue weighted by atomic mass is 9.82. The minimum atomic E-state index is -1.46. The molecule has 0 aliphatic heterocycles. The first-order chi connectivity index (χ1) is 5.11. The highest BCUT2D eigenvalue weighted by atomic mass is 16.4.